The molecule has 0 unspecified atom stereocenters. The Balaban J connectivity index is 3.01. The number of hydrogen-bond acceptors (Lipinski definition) is 2. The molecule has 3 heteroatoms. The second-order valence-electron chi connectivity index (χ2n) is 8.00. The minimum absolute atomic E-state index is 0.204. The highest BCUT2D eigenvalue weighted by Crippen LogP contribution is 2.22. The zero-order chi connectivity index (χ0) is 18.2. The van der Waals surface area contributed by atoms with Crippen molar-refractivity contribution in [3.05, 3.63) is 41.6 Å². The van der Waals surface area contributed by atoms with E-state index in [1.165, 1.54) is 29.6 Å². The van der Waals surface area contributed by atoms with Crippen molar-refractivity contribution in [3.8, 4) is 0 Å². The molecule has 0 aliphatic heterocycles. The number of hydrogen-bond donors (Lipinski definition) is 0. The van der Waals surface area contributed by atoms with E-state index in [2.05, 4.69) is 44.3 Å². The van der Waals surface area contributed by atoms with E-state index >= 15 is 0 Å². The van der Waals surface area contributed by atoms with Gasteiger partial charge >= 0.3 is 5.97 Å². The van der Waals surface area contributed by atoms with Crippen LogP contribution in [0.2, 0.25) is 13.1 Å². The van der Waals surface area contributed by atoms with Crippen LogP contribution in [0.4, 0.5) is 0 Å². The monoisotopic (exact) mass is 346 g/mol. The summed E-state index contributed by atoms with van der Waals surface area (Å²) in [5, 5.41) is 2.66. The second kappa shape index (κ2) is 9.21. The number of allylic oxidation sites excluding steroid dienone is 1. The van der Waals surface area contributed by atoms with Crippen molar-refractivity contribution in [3.63, 3.8) is 0 Å². The second-order valence-corrected chi connectivity index (χ2v) is 12.5. The summed E-state index contributed by atoms with van der Waals surface area (Å²) < 4.78 is 5.53. The lowest BCUT2D eigenvalue weighted by atomic mass is 10.1. The maximum absolute atomic E-state index is 12.4. The number of unbranched alkanes of at least 4 members (excludes halogenated alkanes) is 3. The van der Waals surface area contributed by atoms with Gasteiger partial charge in [0.05, 0.1) is 0 Å². The summed E-state index contributed by atoms with van der Waals surface area (Å²) in [7, 11) is -1.85. The van der Waals surface area contributed by atoms with Crippen LogP contribution in [0, 0.1) is 0 Å². The van der Waals surface area contributed by atoms with Crippen molar-refractivity contribution in [2.24, 2.45) is 0 Å². The molecular formula is C21H34O2Si. The molecule has 1 aromatic carbocycles. The predicted molar refractivity (Wildman–Crippen MR) is 106 cm³/mol. The van der Waals surface area contributed by atoms with Crippen LogP contribution in [-0.4, -0.2) is 19.6 Å². The summed E-state index contributed by atoms with van der Waals surface area (Å²) in [5.41, 5.74) is -0.445. The molecule has 0 radical (unpaired) electrons. The highest BCUT2D eigenvalue weighted by molar-refractivity contribution is 6.95. The third-order valence-electron chi connectivity index (χ3n) is 4.30. The van der Waals surface area contributed by atoms with Gasteiger partial charge in [-0.15, -0.1) is 0 Å². The Kier molecular flexibility index (Phi) is 7.94. The van der Waals surface area contributed by atoms with Gasteiger partial charge in [0.1, 0.15) is 13.7 Å². The first kappa shape index (κ1) is 20.7. The molecule has 1 rings (SSSR count). The van der Waals surface area contributed by atoms with Crippen LogP contribution < -0.4 is 5.19 Å². The van der Waals surface area contributed by atoms with Gasteiger partial charge in [0.25, 0.3) is 0 Å². The van der Waals surface area contributed by atoms with Gasteiger partial charge in [0.2, 0.25) is 0 Å². The Morgan fingerprint density at radius 2 is 1.71 bits per heavy atom. The van der Waals surface area contributed by atoms with Crippen molar-refractivity contribution in [1.29, 1.82) is 0 Å². The average molecular weight is 347 g/mol. The molecule has 0 bridgehead atoms. The summed E-state index contributed by atoms with van der Waals surface area (Å²) in [6.07, 6.45) is 7.63. The molecule has 0 N–H and O–H groups in total. The fourth-order valence-electron chi connectivity index (χ4n) is 2.82. The molecule has 0 heterocycles. The summed E-state index contributed by atoms with van der Waals surface area (Å²) >= 11 is 0. The lowest BCUT2D eigenvalue weighted by Gasteiger charge is -2.27. The van der Waals surface area contributed by atoms with Gasteiger partial charge < -0.3 is 4.74 Å². The maximum atomic E-state index is 12.4. The highest BCUT2D eigenvalue weighted by Gasteiger charge is 2.29. The average Bonchev–Trinajstić information content (AvgIpc) is 2.49. The summed E-state index contributed by atoms with van der Waals surface area (Å²) in [6, 6.07) is 10.6. The third kappa shape index (κ3) is 7.04. The van der Waals surface area contributed by atoms with Gasteiger partial charge in [0, 0.05) is 6.08 Å². The van der Waals surface area contributed by atoms with Crippen LogP contribution >= 0.6 is 0 Å². The molecule has 0 aliphatic rings. The molecule has 0 amide bonds. The largest absolute Gasteiger partial charge is 0.457 e. The SMILES string of the molecule is CCCCCC/C(=C\C(=O)OC(C)(C)C)[Si](C)(C)c1ccccc1. The van der Waals surface area contributed by atoms with E-state index in [9.17, 15) is 4.79 Å². The van der Waals surface area contributed by atoms with Crippen molar-refractivity contribution in [2.75, 3.05) is 0 Å². The van der Waals surface area contributed by atoms with E-state index < -0.39 is 13.7 Å². The molecule has 0 aliphatic carbocycles. The van der Waals surface area contributed by atoms with Gasteiger partial charge in [-0.3, -0.25) is 0 Å². The number of rotatable bonds is 8. The molecule has 2 nitrogen and oxygen atoms in total. The Bertz CT molecular complexity index is 539. The molecule has 1 aromatic rings. The minimum Gasteiger partial charge on any atom is -0.457 e. The topological polar surface area (TPSA) is 26.3 Å². The minimum atomic E-state index is -1.85. The normalized spacial score (nSPS) is 13.0. The van der Waals surface area contributed by atoms with Crippen molar-refractivity contribution in [2.45, 2.75) is 78.5 Å². The van der Waals surface area contributed by atoms with Gasteiger partial charge in [-0.05, 0) is 33.6 Å². The molecule has 134 valence electrons. The summed E-state index contributed by atoms with van der Waals surface area (Å²) in [5.74, 6) is -0.204. The highest BCUT2D eigenvalue weighted by atomic mass is 28.3. The van der Waals surface area contributed by atoms with Gasteiger partial charge in [-0.2, -0.15) is 0 Å². The fraction of sp³-hybridized carbons (Fsp3) is 0.571. The number of esters is 1. The molecule has 0 atom stereocenters. The molecular weight excluding hydrogens is 312 g/mol. The van der Waals surface area contributed by atoms with E-state index in [-0.39, 0.29) is 5.97 Å². The van der Waals surface area contributed by atoms with Gasteiger partial charge in [0.15, 0.2) is 0 Å². The smallest absolute Gasteiger partial charge is 0.330 e. The number of carbonyl (C=O) groups excluding carboxylic acids is 1. The van der Waals surface area contributed by atoms with Gasteiger partial charge in [-0.25, -0.2) is 4.79 Å². The molecule has 0 saturated heterocycles. The van der Waals surface area contributed by atoms with Gasteiger partial charge in [-0.1, -0.05) is 80.0 Å². The molecule has 0 fully saturated rings. The van der Waals surface area contributed by atoms with Crippen LogP contribution in [0.3, 0.4) is 0 Å². The first-order valence-corrected chi connectivity index (χ1v) is 12.2. The molecule has 0 spiro atoms. The zero-order valence-electron chi connectivity index (χ0n) is 16.3. The molecule has 0 aromatic heterocycles. The Hall–Kier alpha value is -1.35. The first-order chi connectivity index (χ1) is 11.2. The van der Waals surface area contributed by atoms with E-state index in [1.54, 1.807) is 6.08 Å². The molecule has 24 heavy (non-hydrogen) atoms. The van der Waals surface area contributed by atoms with Crippen LogP contribution in [0.1, 0.15) is 59.8 Å². The van der Waals surface area contributed by atoms with Crippen LogP contribution in [-0.2, 0) is 9.53 Å². The predicted octanol–water partition coefficient (Wildman–Crippen LogP) is 5.38. The number of benzene rings is 1. The first-order valence-electron chi connectivity index (χ1n) is 9.16. The van der Waals surface area contributed by atoms with E-state index in [0.717, 1.165) is 12.8 Å². The standard InChI is InChI=1S/C21H34O2Si/c1-7-8-9-11-16-19(17-20(22)23-21(2,3)4)24(5,6)18-14-12-10-13-15-18/h10,12-15,17H,7-9,11,16H2,1-6H3/b19-17+. The summed E-state index contributed by atoms with van der Waals surface area (Å²) in [4.78, 5) is 12.4. The van der Waals surface area contributed by atoms with E-state index in [1.807, 2.05) is 26.8 Å². The van der Waals surface area contributed by atoms with Crippen molar-refractivity contribution in [1.82, 2.24) is 0 Å². The van der Waals surface area contributed by atoms with E-state index in [4.69, 9.17) is 4.74 Å². The fourth-order valence-corrected chi connectivity index (χ4v) is 5.50. The van der Waals surface area contributed by atoms with Crippen LogP contribution in [0.25, 0.3) is 0 Å². The zero-order valence-corrected chi connectivity index (χ0v) is 17.3. The Labute approximate surface area is 149 Å². The summed E-state index contributed by atoms with van der Waals surface area (Å²) in [6.45, 7) is 12.6. The lowest BCUT2D eigenvalue weighted by molar-refractivity contribution is -0.148. The van der Waals surface area contributed by atoms with Crippen molar-refractivity contribution < 1.29 is 9.53 Å². The van der Waals surface area contributed by atoms with Crippen molar-refractivity contribution >= 4 is 19.2 Å². The Morgan fingerprint density at radius 1 is 1.08 bits per heavy atom. The quantitative estimate of drug-likeness (QED) is 0.273. The van der Waals surface area contributed by atoms with Crippen LogP contribution in [0.15, 0.2) is 41.6 Å². The Morgan fingerprint density at radius 3 is 2.25 bits per heavy atom. The van der Waals surface area contributed by atoms with Crippen LogP contribution in [0.5, 0.6) is 0 Å². The van der Waals surface area contributed by atoms with E-state index in [0.29, 0.717) is 0 Å². The number of carbonyl (C=O) groups is 1. The maximum Gasteiger partial charge on any atom is 0.330 e. The third-order valence-corrected chi connectivity index (χ3v) is 8.07. The lowest BCUT2D eigenvalue weighted by Crippen LogP contribution is -2.44. The molecule has 0 saturated carbocycles. The number of ether oxygens (including phenoxy) is 1.